The van der Waals surface area contributed by atoms with Crippen LogP contribution in [-0.4, -0.2) is 35.6 Å². The fourth-order valence-electron chi connectivity index (χ4n) is 1.53. The first-order valence-electron chi connectivity index (χ1n) is 6.00. The van der Waals surface area contributed by atoms with Crippen LogP contribution in [0.3, 0.4) is 0 Å². The molecule has 1 saturated heterocycles. The number of amides is 1. The van der Waals surface area contributed by atoms with E-state index in [1.807, 2.05) is 0 Å². The second kappa shape index (κ2) is 6.85. The summed E-state index contributed by atoms with van der Waals surface area (Å²) in [7, 11) is 0. The van der Waals surface area contributed by atoms with Crippen LogP contribution in [0.5, 0.6) is 0 Å². The van der Waals surface area contributed by atoms with Gasteiger partial charge in [0.1, 0.15) is 0 Å². The Morgan fingerprint density at radius 1 is 1.50 bits per heavy atom. The van der Waals surface area contributed by atoms with E-state index in [-0.39, 0.29) is 5.91 Å². The van der Waals surface area contributed by atoms with Gasteiger partial charge in [-0.1, -0.05) is 30.0 Å². The van der Waals surface area contributed by atoms with E-state index in [4.69, 9.17) is 4.74 Å². The Balaban J connectivity index is 2.13. The first kappa shape index (κ1) is 14.3. The molecule has 104 valence electrons. The summed E-state index contributed by atoms with van der Waals surface area (Å²) in [6, 6.07) is 6.96. The van der Waals surface area contributed by atoms with Crippen molar-refractivity contribution < 1.29 is 14.3 Å². The highest BCUT2D eigenvalue weighted by Gasteiger charge is 2.16. The van der Waals surface area contributed by atoms with Crippen molar-refractivity contribution in [1.29, 1.82) is 0 Å². The predicted molar refractivity (Wildman–Crippen MR) is 78.0 cm³/mol. The fourth-order valence-corrected chi connectivity index (χ4v) is 2.16. The fraction of sp³-hybridized carbons (Fsp3) is 0.231. The normalized spacial score (nSPS) is 16.6. The Morgan fingerprint density at radius 2 is 2.30 bits per heavy atom. The van der Waals surface area contributed by atoms with Crippen LogP contribution in [0.4, 0.5) is 0 Å². The van der Waals surface area contributed by atoms with Crippen LogP contribution in [0.25, 0.3) is 0 Å². The monoisotopic (exact) mass is 291 g/mol. The summed E-state index contributed by atoms with van der Waals surface area (Å²) in [5.41, 5.74) is 1.05. The van der Waals surface area contributed by atoms with Crippen molar-refractivity contribution >= 4 is 35.0 Å². The molecule has 0 unspecified atom stereocenters. The number of ether oxygens (including phenoxy) is 1. The zero-order valence-corrected chi connectivity index (χ0v) is 11.6. The van der Waals surface area contributed by atoms with Gasteiger partial charge in [0.05, 0.1) is 24.1 Å². The molecule has 1 aliphatic rings. The van der Waals surface area contributed by atoms with Crippen LogP contribution in [0, 0.1) is 0 Å². The Labute approximate surface area is 120 Å². The van der Waals surface area contributed by atoms with Crippen LogP contribution in [-0.2, 0) is 9.53 Å². The quantitative estimate of drug-likeness (QED) is 0.517. The van der Waals surface area contributed by atoms with Crippen molar-refractivity contribution in [2.45, 2.75) is 6.92 Å². The van der Waals surface area contributed by atoms with Crippen molar-refractivity contribution in [3.05, 3.63) is 35.4 Å². The number of hydrogen-bond donors (Lipinski definition) is 1. The summed E-state index contributed by atoms with van der Waals surface area (Å²) in [4.78, 5) is 22.7. The Hall–Kier alpha value is -2.15. The second-order valence-corrected chi connectivity index (χ2v) is 4.76. The largest absolute Gasteiger partial charge is 0.462 e. The lowest BCUT2D eigenvalue weighted by atomic mass is 10.1. The molecule has 0 spiro atoms. The summed E-state index contributed by atoms with van der Waals surface area (Å²) in [5, 5.41) is 10.8. The molecule has 1 N–H and O–H groups in total. The molecule has 1 heterocycles. The third-order valence-corrected chi connectivity index (χ3v) is 3.25. The van der Waals surface area contributed by atoms with Crippen LogP contribution in [0.15, 0.2) is 34.5 Å². The molecule has 1 aromatic carbocycles. The molecule has 20 heavy (non-hydrogen) atoms. The van der Waals surface area contributed by atoms with E-state index in [1.54, 1.807) is 31.2 Å². The minimum absolute atomic E-state index is 0.0872. The third kappa shape index (κ3) is 3.67. The van der Waals surface area contributed by atoms with E-state index in [9.17, 15) is 9.59 Å². The number of carbonyl (C=O) groups excluding carboxylic acids is 2. The molecule has 1 aromatic rings. The van der Waals surface area contributed by atoms with E-state index in [2.05, 4.69) is 15.5 Å². The van der Waals surface area contributed by atoms with Crippen molar-refractivity contribution in [2.75, 3.05) is 12.4 Å². The van der Waals surface area contributed by atoms with Crippen LogP contribution in [0.2, 0.25) is 0 Å². The van der Waals surface area contributed by atoms with Gasteiger partial charge in [0.25, 0.3) is 0 Å². The van der Waals surface area contributed by atoms with Gasteiger partial charge in [0.15, 0.2) is 5.17 Å². The molecule has 2 rings (SSSR count). The van der Waals surface area contributed by atoms with E-state index >= 15 is 0 Å². The van der Waals surface area contributed by atoms with Gasteiger partial charge in [-0.2, -0.15) is 5.10 Å². The minimum atomic E-state index is -0.397. The van der Waals surface area contributed by atoms with E-state index in [1.165, 1.54) is 18.0 Å². The minimum Gasteiger partial charge on any atom is -0.462 e. The van der Waals surface area contributed by atoms with E-state index in [0.717, 1.165) is 0 Å². The van der Waals surface area contributed by atoms with Crippen molar-refractivity contribution in [1.82, 2.24) is 5.32 Å². The summed E-state index contributed by atoms with van der Waals surface area (Å²) < 4.78 is 4.96. The highest BCUT2D eigenvalue weighted by Crippen LogP contribution is 2.10. The molecule has 0 atom stereocenters. The topological polar surface area (TPSA) is 80.1 Å². The number of esters is 1. The maximum atomic E-state index is 11.7. The van der Waals surface area contributed by atoms with Crippen molar-refractivity contribution in [3.63, 3.8) is 0 Å². The maximum absolute atomic E-state index is 11.7. The van der Waals surface area contributed by atoms with Gasteiger partial charge in [-0.25, -0.2) is 4.79 Å². The second-order valence-electron chi connectivity index (χ2n) is 3.79. The van der Waals surface area contributed by atoms with Gasteiger partial charge >= 0.3 is 5.97 Å². The zero-order valence-electron chi connectivity index (χ0n) is 10.8. The van der Waals surface area contributed by atoms with E-state index in [0.29, 0.717) is 28.7 Å². The van der Waals surface area contributed by atoms with Crippen LogP contribution >= 0.6 is 11.8 Å². The zero-order chi connectivity index (χ0) is 14.4. The summed E-state index contributed by atoms with van der Waals surface area (Å²) in [6.45, 7) is 2.07. The first-order chi connectivity index (χ1) is 9.70. The summed E-state index contributed by atoms with van der Waals surface area (Å²) in [6.07, 6.45) is 1.46. The molecule has 0 radical (unpaired) electrons. The molecule has 7 heteroatoms. The molecular formula is C13H13N3O3S. The average molecular weight is 291 g/mol. The van der Waals surface area contributed by atoms with Gasteiger partial charge in [0, 0.05) is 5.56 Å². The average Bonchev–Trinajstić information content (AvgIpc) is 2.85. The molecule has 0 aliphatic carbocycles. The van der Waals surface area contributed by atoms with Gasteiger partial charge in [0.2, 0.25) is 5.91 Å². The number of hydrogen-bond acceptors (Lipinski definition) is 6. The summed E-state index contributed by atoms with van der Waals surface area (Å²) >= 11 is 1.29. The number of rotatable bonds is 4. The highest BCUT2D eigenvalue weighted by molar-refractivity contribution is 8.15. The molecule has 1 aliphatic heterocycles. The van der Waals surface area contributed by atoms with E-state index < -0.39 is 5.97 Å². The number of carbonyl (C=O) groups is 2. The molecule has 1 amide bonds. The maximum Gasteiger partial charge on any atom is 0.338 e. The van der Waals surface area contributed by atoms with Gasteiger partial charge < -0.3 is 10.1 Å². The number of nitrogens with zero attached hydrogens (tertiary/aromatic N) is 2. The molecule has 0 aromatic heterocycles. The summed E-state index contributed by atoms with van der Waals surface area (Å²) in [5.74, 6) is -0.130. The first-order valence-corrected chi connectivity index (χ1v) is 6.99. The van der Waals surface area contributed by atoms with Crippen LogP contribution < -0.4 is 5.32 Å². The number of benzene rings is 1. The van der Waals surface area contributed by atoms with Crippen molar-refractivity contribution in [2.24, 2.45) is 10.2 Å². The molecular weight excluding hydrogens is 278 g/mol. The predicted octanol–water partition coefficient (Wildman–Crippen LogP) is 1.42. The smallest absolute Gasteiger partial charge is 0.338 e. The van der Waals surface area contributed by atoms with Crippen molar-refractivity contribution in [3.8, 4) is 0 Å². The molecule has 0 saturated carbocycles. The number of amidine groups is 1. The Morgan fingerprint density at radius 3 is 3.00 bits per heavy atom. The standard InChI is InChI=1S/C13H13N3O3S/c1-2-19-12(18)10-6-4-3-5-9(10)7-14-16-13-15-11(17)8-20-13/h3-7H,2,8H2,1H3,(H,15,16,17). The lowest BCUT2D eigenvalue weighted by Gasteiger charge is -2.04. The van der Waals surface area contributed by atoms with Gasteiger partial charge in [-0.05, 0) is 13.0 Å². The number of nitrogens with one attached hydrogen (secondary N) is 1. The SMILES string of the molecule is CCOC(=O)c1ccccc1C=NN=C1NC(=O)CS1. The lowest BCUT2D eigenvalue weighted by molar-refractivity contribution is -0.116. The Kier molecular flexibility index (Phi) is 4.89. The molecule has 6 nitrogen and oxygen atoms in total. The third-order valence-electron chi connectivity index (χ3n) is 2.39. The molecule has 1 fully saturated rings. The lowest BCUT2D eigenvalue weighted by Crippen LogP contribution is -2.19. The Bertz CT molecular complexity index is 584. The number of thioether (sulfide) groups is 1. The van der Waals surface area contributed by atoms with Gasteiger partial charge in [-0.15, -0.1) is 5.10 Å². The highest BCUT2D eigenvalue weighted by atomic mass is 32.2. The van der Waals surface area contributed by atoms with Gasteiger partial charge in [-0.3, -0.25) is 4.79 Å². The van der Waals surface area contributed by atoms with Crippen LogP contribution in [0.1, 0.15) is 22.8 Å². The molecule has 0 bridgehead atoms.